The molecule has 1 aliphatic rings. The molecule has 0 radical (unpaired) electrons. The minimum absolute atomic E-state index is 0.0762. The molecule has 2 aromatic rings. The molecule has 0 saturated carbocycles. The summed E-state index contributed by atoms with van der Waals surface area (Å²) in [7, 11) is 3.38. The highest BCUT2D eigenvalue weighted by molar-refractivity contribution is 5.93. The van der Waals surface area contributed by atoms with Crippen molar-refractivity contribution in [2.75, 3.05) is 44.4 Å². The Hall–Kier alpha value is -3.10. The SMILES string of the molecule is CNC(=O)CN(C)c1nc(N)nc2c1CCN(C(=O)c1ccoc1)CC2. The molecule has 2 amide bonds. The van der Waals surface area contributed by atoms with Crippen LogP contribution >= 0.6 is 0 Å². The smallest absolute Gasteiger partial charge is 0.257 e. The van der Waals surface area contributed by atoms with Crippen molar-refractivity contribution in [3.8, 4) is 0 Å². The average molecular weight is 358 g/mol. The quantitative estimate of drug-likeness (QED) is 0.794. The van der Waals surface area contributed by atoms with E-state index in [1.54, 1.807) is 30.0 Å². The van der Waals surface area contributed by atoms with Crippen LogP contribution in [0.25, 0.3) is 0 Å². The summed E-state index contributed by atoms with van der Waals surface area (Å²) in [5.41, 5.74) is 8.13. The Morgan fingerprint density at radius 2 is 2.12 bits per heavy atom. The number of furan rings is 1. The standard InChI is InChI=1S/C17H22N6O3/c1-19-14(24)9-22(2)15-12-3-6-23(16(25)11-5-8-26-10-11)7-4-13(12)20-17(18)21-15/h5,8,10H,3-4,6-7,9H2,1-2H3,(H,19,24)(H2,18,20,21). The van der Waals surface area contributed by atoms with Gasteiger partial charge in [0.25, 0.3) is 5.91 Å². The molecule has 3 rings (SSSR count). The van der Waals surface area contributed by atoms with E-state index in [4.69, 9.17) is 10.2 Å². The molecule has 138 valence electrons. The van der Waals surface area contributed by atoms with E-state index >= 15 is 0 Å². The molecule has 3 heterocycles. The zero-order chi connectivity index (χ0) is 18.7. The second-order valence-electron chi connectivity index (χ2n) is 6.16. The van der Waals surface area contributed by atoms with E-state index < -0.39 is 0 Å². The van der Waals surface area contributed by atoms with Gasteiger partial charge >= 0.3 is 0 Å². The predicted molar refractivity (Wildman–Crippen MR) is 95.8 cm³/mol. The van der Waals surface area contributed by atoms with E-state index in [0.717, 1.165) is 11.3 Å². The number of hydrogen-bond donors (Lipinski definition) is 2. The largest absolute Gasteiger partial charge is 0.472 e. The van der Waals surface area contributed by atoms with E-state index in [1.807, 2.05) is 0 Å². The number of rotatable bonds is 4. The molecule has 0 fully saturated rings. The fourth-order valence-electron chi connectivity index (χ4n) is 3.06. The molecule has 0 unspecified atom stereocenters. The molecule has 0 saturated heterocycles. The molecule has 0 spiro atoms. The van der Waals surface area contributed by atoms with Crippen molar-refractivity contribution in [3.63, 3.8) is 0 Å². The van der Waals surface area contributed by atoms with Crippen molar-refractivity contribution in [3.05, 3.63) is 35.4 Å². The topological polar surface area (TPSA) is 118 Å². The van der Waals surface area contributed by atoms with Crippen LogP contribution in [-0.2, 0) is 17.6 Å². The minimum Gasteiger partial charge on any atom is -0.472 e. The summed E-state index contributed by atoms with van der Waals surface area (Å²) in [6.07, 6.45) is 4.09. The van der Waals surface area contributed by atoms with Gasteiger partial charge in [0.05, 0.1) is 24.1 Å². The summed E-state index contributed by atoms with van der Waals surface area (Å²) in [6, 6.07) is 1.65. The molecule has 0 aromatic carbocycles. The van der Waals surface area contributed by atoms with Crippen LogP contribution in [0.1, 0.15) is 21.6 Å². The van der Waals surface area contributed by atoms with E-state index in [9.17, 15) is 9.59 Å². The van der Waals surface area contributed by atoms with Crippen LogP contribution in [0.5, 0.6) is 0 Å². The van der Waals surface area contributed by atoms with Crippen LogP contribution in [0.2, 0.25) is 0 Å². The van der Waals surface area contributed by atoms with Gasteiger partial charge in [-0.3, -0.25) is 9.59 Å². The maximum Gasteiger partial charge on any atom is 0.257 e. The lowest BCUT2D eigenvalue weighted by atomic mass is 10.1. The number of nitrogen functional groups attached to an aromatic ring is 1. The first-order chi connectivity index (χ1) is 12.5. The molecule has 9 heteroatoms. The van der Waals surface area contributed by atoms with E-state index in [1.165, 1.54) is 12.5 Å². The van der Waals surface area contributed by atoms with E-state index in [0.29, 0.717) is 37.3 Å². The molecule has 0 atom stereocenters. The Bertz CT molecular complexity index is 805. The van der Waals surface area contributed by atoms with Crippen LogP contribution < -0.4 is 16.0 Å². The number of carbonyl (C=O) groups excluding carboxylic acids is 2. The van der Waals surface area contributed by atoms with Gasteiger partial charge in [0, 0.05) is 39.2 Å². The van der Waals surface area contributed by atoms with Crippen LogP contribution in [0.15, 0.2) is 23.0 Å². The zero-order valence-electron chi connectivity index (χ0n) is 14.9. The number of nitrogens with one attached hydrogen (secondary N) is 1. The summed E-state index contributed by atoms with van der Waals surface area (Å²) < 4.78 is 5.00. The summed E-state index contributed by atoms with van der Waals surface area (Å²) in [4.78, 5) is 36.5. The Labute approximate surface area is 151 Å². The van der Waals surface area contributed by atoms with Crippen molar-refractivity contribution in [1.82, 2.24) is 20.2 Å². The molecular formula is C17H22N6O3. The number of nitrogens with two attached hydrogens (primary N) is 1. The predicted octanol–water partition coefficient (Wildman–Crippen LogP) is 0.0750. The lowest BCUT2D eigenvalue weighted by Gasteiger charge is -2.22. The van der Waals surface area contributed by atoms with E-state index in [2.05, 4.69) is 15.3 Å². The van der Waals surface area contributed by atoms with Gasteiger partial charge in [-0.1, -0.05) is 0 Å². The van der Waals surface area contributed by atoms with Gasteiger partial charge in [-0.05, 0) is 12.5 Å². The van der Waals surface area contributed by atoms with Crippen molar-refractivity contribution < 1.29 is 14.0 Å². The first-order valence-electron chi connectivity index (χ1n) is 8.38. The lowest BCUT2D eigenvalue weighted by molar-refractivity contribution is -0.119. The molecule has 2 aromatic heterocycles. The monoisotopic (exact) mass is 358 g/mol. The third-order valence-electron chi connectivity index (χ3n) is 4.41. The minimum atomic E-state index is -0.121. The number of nitrogens with zero attached hydrogens (tertiary/aromatic N) is 4. The number of amides is 2. The third kappa shape index (κ3) is 3.61. The number of anilines is 2. The fraction of sp³-hybridized carbons (Fsp3) is 0.412. The highest BCUT2D eigenvalue weighted by Gasteiger charge is 2.25. The van der Waals surface area contributed by atoms with Gasteiger partial charge in [-0.15, -0.1) is 0 Å². The molecule has 0 bridgehead atoms. The molecule has 3 N–H and O–H groups in total. The first-order valence-corrected chi connectivity index (χ1v) is 8.38. The number of likely N-dealkylation sites (N-methyl/N-ethyl adjacent to an activating group) is 2. The summed E-state index contributed by atoms with van der Waals surface area (Å²) >= 11 is 0. The number of hydrogen-bond acceptors (Lipinski definition) is 7. The third-order valence-corrected chi connectivity index (χ3v) is 4.41. The molecule has 26 heavy (non-hydrogen) atoms. The molecule has 1 aliphatic heterocycles. The van der Waals surface area contributed by atoms with Crippen molar-refractivity contribution >= 4 is 23.6 Å². The maximum absolute atomic E-state index is 12.6. The van der Waals surface area contributed by atoms with Crippen molar-refractivity contribution in [1.29, 1.82) is 0 Å². The zero-order valence-corrected chi connectivity index (χ0v) is 14.9. The van der Waals surface area contributed by atoms with Crippen LogP contribution in [-0.4, -0.2) is 60.4 Å². The maximum atomic E-state index is 12.6. The Morgan fingerprint density at radius 1 is 1.35 bits per heavy atom. The second-order valence-corrected chi connectivity index (χ2v) is 6.16. The Kier molecular flexibility index (Phi) is 5.06. The lowest BCUT2D eigenvalue weighted by Crippen LogP contribution is -2.34. The highest BCUT2D eigenvalue weighted by atomic mass is 16.3. The van der Waals surface area contributed by atoms with Crippen molar-refractivity contribution in [2.45, 2.75) is 12.8 Å². The van der Waals surface area contributed by atoms with Gasteiger partial charge in [0.15, 0.2) is 0 Å². The van der Waals surface area contributed by atoms with Crippen LogP contribution in [0.4, 0.5) is 11.8 Å². The second kappa shape index (κ2) is 7.42. The number of carbonyl (C=O) groups is 2. The van der Waals surface area contributed by atoms with Gasteiger partial charge in [-0.2, -0.15) is 4.98 Å². The average Bonchev–Trinajstić information content (AvgIpc) is 3.08. The van der Waals surface area contributed by atoms with Crippen LogP contribution in [0, 0.1) is 0 Å². The van der Waals surface area contributed by atoms with Crippen LogP contribution in [0.3, 0.4) is 0 Å². The number of fused-ring (bicyclic) bond motifs is 1. The Morgan fingerprint density at radius 3 is 2.81 bits per heavy atom. The van der Waals surface area contributed by atoms with Gasteiger partial charge in [-0.25, -0.2) is 4.98 Å². The fourth-order valence-corrected chi connectivity index (χ4v) is 3.06. The van der Waals surface area contributed by atoms with Gasteiger partial charge in [0.1, 0.15) is 12.1 Å². The number of aromatic nitrogens is 2. The first kappa shape index (κ1) is 17.7. The molecular weight excluding hydrogens is 336 g/mol. The Balaban J connectivity index is 1.84. The van der Waals surface area contributed by atoms with E-state index in [-0.39, 0.29) is 24.3 Å². The summed E-state index contributed by atoms with van der Waals surface area (Å²) in [5, 5.41) is 2.59. The van der Waals surface area contributed by atoms with Gasteiger partial charge in [0.2, 0.25) is 11.9 Å². The summed E-state index contributed by atoms with van der Waals surface area (Å²) in [5.74, 6) is 0.599. The molecule has 0 aliphatic carbocycles. The normalized spacial score (nSPS) is 13.7. The highest BCUT2D eigenvalue weighted by Crippen LogP contribution is 2.25. The van der Waals surface area contributed by atoms with Crippen molar-refractivity contribution in [2.24, 2.45) is 0 Å². The summed E-state index contributed by atoms with van der Waals surface area (Å²) in [6.45, 7) is 1.23. The molecule has 9 nitrogen and oxygen atoms in total. The van der Waals surface area contributed by atoms with Gasteiger partial charge < -0.3 is 25.3 Å².